The van der Waals surface area contributed by atoms with Crippen LogP contribution in [0.1, 0.15) is 38.3 Å². The average Bonchev–Trinajstić information content (AvgIpc) is 3.01. The van der Waals surface area contributed by atoms with Crippen LogP contribution in [0.2, 0.25) is 0 Å². The van der Waals surface area contributed by atoms with Crippen LogP contribution < -0.4 is 5.32 Å². The number of halogens is 1. The third-order valence-corrected chi connectivity index (χ3v) is 4.47. The van der Waals surface area contributed by atoms with Gasteiger partial charge >= 0.3 is 0 Å². The minimum atomic E-state index is -0.127. The lowest BCUT2D eigenvalue weighted by Gasteiger charge is -2.27. The van der Waals surface area contributed by atoms with E-state index in [1.54, 1.807) is 6.07 Å². The number of likely N-dealkylation sites (N-methyl/N-ethyl adjacent to an activating group) is 1. The van der Waals surface area contributed by atoms with Gasteiger partial charge in [-0.05, 0) is 39.8 Å². The molecule has 3 nitrogen and oxygen atoms in total. The monoisotopic (exact) mass is 294 g/mol. The number of nitrogens with one attached hydrogen (secondary N) is 1. The van der Waals surface area contributed by atoms with Crippen molar-refractivity contribution in [2.45, 2.75) is 44.9 Å². The number of rotatable bonds is 7. The predicted molar refractivity (Wildman–Crippen MR) is 83.9 cm³/mol. The average molecular weight is 294 g/mol. The Morgan fingerprint density at radius 1 is 1.38 bits per heavy atom. The predicted octanol–water partition coefficient (Wildman–Crippen LogP) is 2.98. The van der Waals surface area contributed by atoms with Gasteiger partial charge in [-0.15, -0.1) is 0 Å². The van der Waals surface area contributed by atoms with Crippen LogP contribution in [0.5, 0.6) is 0 Å². The molecular formula is C17H27FN2O. The Hall–Kier alpha value is -0.970. The van der Waals surface area contributed by atoms with E-state index in [0.29, 0.717) is 12.1 Å². The van der Waals surface area contributed by atoms with Gasteiger partial charge in [0.1, 0.15) is 5.82 Å². The summed E-state index contributed by atoms with van der Waals surface area (Å²) in [6.45, 7) is 6.88. The molecule has 1 saturated heterocycles. The molecule has 1 heterocycles. The summed E-state index contributed by atoms with van der Waals surface area (Å²) in [4.78, 5) is 2.17. The molecule has 4 heteroatoms. The second-order valence-corrected chi connectivity index (χ2v) is 5.97. The molecule has 1 aromatic carbocycles. The van der Waals surface area contributed by atoms with Gasteiger partial charge in [0.25, 0.3) is 0 Å². The van der Waals surface area contributed by atoms with E-state index in [1.807, 2.05) is 26.1 Å². The first-order valence-electron chi connectivity index (χ1n) is 7.89. The van der Waals surface area contributed by atoms with E-state index < -0.39 is 0 Å². The maximum absolute atomic E-state index is 13.8. The standard InChI is InChI=1S/C17H27FN2O/c1-13(17-9-6-12-21-17)19-10-11-20(3)14(2)15-7-4-5-8-16(15)18/h4-5,7-8,13-14,17,19H,6,9-12H2,1-3H3. The van der Waals surface area contributed by atoms with E-state index in [-0.39, 0.29) is 11.9 Å². The zero-order valence-corrected chi connectivity index (χ0v) is 13.3. The summed E-state index contributed by atoms with van der Waals surface area (Å²) in [5.41, 5.74) is 0.757. The number of ether oxygens (including phenoxy) is 1. The minimum Gasteiger partial charge on any atom is -0.377 e. The zero-order valence-electron chi connectivity index (χ0n) is 13.3. The van der Waals surface area contributed by atoms with E-state index >= 15 is 0 Å². The summed E-state index contributed by atoms with van der Waals surface area (Å²) in [5.74, 6) is -0.127. The second kappa shape index (κ2) is 7.87. The quantitative estimate of drug-likeness (QED) is 0.837. The molecule has 3 atom stereocenters. The van der Waals surface area contributed by atoms with Crippen molar-refractivity contribution in [2.24, 2.45) is 0 Å². The van der Waals surface area contributed by atoms with Gasteiger partial charge in [-0.2, -0.15) is 0 Å². The Balaban J connectivity index is 1.76. The summed E-state index contributed by atoms with van der Waals surface area (Å²) in [6.07, 6.45) is 2.66. The second-order valence-electron chi connectivity index (χ2n) is 5.97. The van der Waals surface area contributed by atoms with Crippen molar-refractivity contribution in [3.05, 3.63) is 35.6 Å². The molecule has 0 bridgehead atoms. The van der Waals surface area contributed by atoms with Crippen LogP contribution in [0.4, 0.5) is 4.39 Å². The Morgan fingerprint density at radius 3 is 2.81 bits per heavy atom. The molecule has 0 amide bonds. The van der Waals surface area contributed by atoms with E-state index in [2.05, 4.69) is 17.1 Å². The molecule has 1 fully saturated rings. The SMILES string of the molecule is CC(NCCN(C)C(C)c1ccccc1F)C1CCCO1. The smallest absolute Gasteiger partial charge is 0.127 e. The van der Waals surface area contributed by atoms with Crippen LogP contribution in [0.3, 0.4) is 0 Å². The van der Waals surface area contributed by atoms with Gasteiger partial charge in [0, 0.05) is 37.3 Å². The van der Waals surface area contributed by atoms with Crippen LogP contribution in [-0.2, 0) is 4.74 Å². The molecule has 0 radical (unpaired) electrons. The highest BCUT2D eigenvalue weighted by atomic mass is 19.1. The van der Waals surface area contributed by atoms with E-state index in [4.69, 9.17) is 4.74 Å². The normalized spacial score (nSPS) is 21.7. The molecule has 118 valence electrons. The van der Waals surface area contributed by atoms with Crippen LogP contribution in [0.25, 0.3) is 0 Å². The highest BCUT2D eigenvalue weighted by molar-refractivity contribution is 5.20. The zero-order chi connectivity index (χ0) is 15.2. The Bertz CT molecular complexity index is 435. The van der Waals surface area contributed by atoms with Crippen LogP contribution in [0, 0.1) is 5.82 Å². The molecule has 1 N–H and O–H groups in total. The fraction of sp³-hybridized carbons (Fsp3) is 0.647. The number of hydrogen-bond acceptors (Lipinski definition) is 3. The minimum absolute atomic E-state index is 0.0750. The van der Waals surface area contributed by atoms with Crippen molar-refractivity contribution in [1.29, 1.82) is 0 Å². The van der Waals surface area contributed by atoms with Crippen molar-refractivity contribution in [3.63, 3.8) is 0 Å². The molecule has 1 aliphatic heterocycles. The fourth-order valence-corrected chi connectivity index (χ4v) is 2.84. The molecular weight excluding hydrogens is 267 g/mol. The first kappa shape index (κ1) is 16.4. The molecule has 0 aliphatic carbocycles. The molecule has 1 aromatic rings. The lowest BCUT2D eigenvalue weighted by molar-refractivity contribution is 0.0825. The number of nitrogens with zero attached hydrogens (tertiary/aromatic N) is 1. The summed E-state index contributed by atoms with van der Waals surface area (Å²) in [7, 11) is 2.04. The van der Waals surface area contributed by atoms with Crippen LogP contribution in [0.15, 0.2) is 24.3 Å². The van der Waals surface area contributed by atoms with Crippen molar-refractivity contribution in [2.75, 3.05) is 26.7 Å². The Morgan fingerprint density at radius 2 is 2.14 bits per heavy atom. The van der Waals surface area contributed by atoms with E-state index in [1.165, 1.54) is 12.5 Å². The summed E-state index contributed by atoms with van der Waals surface area (Å²) < 4.78 is 19.5. The number of hydrogen-bond donors (Lipinski definition) is 1. The van der Waals surface area contributed by atoms with E-state index in [0.717, 1.165) is 31.7 Å². The molecule has 3 unspecified atom stereocenters. The maximum atomic E-state index is 13.8. The van der Waals surface area contributed by atoms with Crippen molar-refractivity contribution < 1.29 is 9.13 Å². The van der Waals surface area contributed by atoms with Gasteiger partial charge in [0.05, 0.1) is 6.10 Å². The van der Waals surface area contributed by atoms with Gasteiger partial charge < -0.3 is 10.1 Å². The highest BCUT2D eigenvalue weighted by Crippen LogP contribution is 2.21. The van der Waals surface area contributed by atoms with Gasteiger partial charge in [-0.1, -0.05) is 18.2 Å². The third-order valence-electron chi connectivity index (χ3n) is 4.47. The first-order chi connectivity index (χ1) is 10.1. The van der Waals surface area contributed by atoms with Gasteiger partial charge in [0.2, 0.25) is 0 Å². The first-order valence-corrected chi connectivity index (χ1v) is 7.89. The Kier molecular flexibility index (Phi) is 6.15. The lowest BCUT2D eigenvalue weighted by Crippen LogP contribution is -2.41. The van der Waals surface area contributed by atoms with Crippen LogP contribution >= 0.6 is 0 Å². The maximum Gasteiger partial charge on any atom is 0.127 e. The topological polar surface area (TPSA) is 24.5 Å². The molecule has 0 saturated carbocycles. The fourth-order valence-electron chi connectivity index (χ4n) is 2.84. The largest absolute Gasteiger partial charge is 0.377 e. The van der Waals surface area contributed by atoms with Crippen LogP contribution in [-0.4, -0.2) is 43.8 Å². The number of benzene rings is 1. The molecule has 0 spiro atoms. The van der Waals surface area contributed by atoms with Gasteiger partial charge in [-0.25, -0.2) is 4.39 Å². The third kappa shape index (κ3) is 4.50. The molecule has 2 rings (SSSR count). The Labute approximate surface area is 127 Å². The summed E-state index contributed by atoms with van der Waals surface area (Å²) in [5, 5.41) is 3.52. The molecule has 0 aromatic heterocycles. The molecule has 1 aliphatic rings. The van der Waals surface area contributed by atoms with Crippen molar-refractivity contribution in [1.82, 2.24) is 10.2 Å². The van der Waals surface area contributed by atoms with Crippen molar-refractivity contribution >= 4 is 0 Å². The highest BCUT2D eigenvalue weighted by Gasteiger charge is 2.22. The molecule has 21 heavy (non-hydrogen) atoms. The van der Waals surface area contributed by atoms with Gasteiger partial charge in [-0.3, -0.25) is 4.90 Å². The van der Waals surface area contributed by atoms with E-state index in [9.17, 15) is 4.39 Å². The van der Waals surface area contributed by atoms with Crippen molar-refractivity contribution in [3.8, 4) is 0 Å². The summed E-state index contributed by atoms with van der Waals surface area (Å²) in [6, 6.07) is 7.46. The summed E-state index contributed by atoms with van der Waals surface area (Å²) >= 11 is 0. The lowest BCUT2D eigenvalue weighted by atomic mass is 10.1. The van der Waals surface area contributed by atoms with Gasteiger partial charge in [0.15, 0.2) is 0 Å².